The van der Waals surface area contributed by atoms with Crippen molar-refractivity contribution in [2.45, 2.75) is 25.0 Å². The van der Waals surface area contributed by atoms with Crippen molar-refractivity contribution in [3.63, 3.8) is 0 Å². The SMILES string of the molecule is CC1OCCC1(CN)N1CCN(S(C)(=O)=O)CC1. The van der Waals surface area contributed by atoms with Crippen LogP contribution >= 0.6 is 0 Å². The fourth-order valence-corrected chi connectivity index (χ4v) is 3.87. The van der Waals surface area contributed by atoms with Crippen LogP contribution < -0.4 is 5.73 Å². The van der Waals surface area contributed by atoms with Crippen molar-refractivity contribution in [2.24, 2.45) is 5.73 Å². The number of hydrogen-bond acceptors (Lipinski definition) is 5. The van der Waals surface area contributed by atoms with Crippen LogP contribution in [0.4, 0.5) is 0 Å². The third kappa shape index (κ3) is 2.42. The zero-order valence-electron chi connectivity index (χ0n) is 11.1. The predicted octanol–water partition coefficient (Wildman–Crippen LogP) is -0.930. The molecule has 2 heterocycles. The second-order valence-corrected chi connectivity index (χ2v) is 7.20. The highest BCUT2D eigenvalue weighted by molar-refractivity contribution is 7.88. The minimum atomic E-state index is -3.07. The Hall–Kier alpha value is -0.210. The van der Waals surface area contributed by atoms with E-state index in [0.717, 1.165) is 26.1 Å². The molecule has 0 aliphatic carbocycles. The summed E-state index contributed by atoms with van der Waals surface area (Å²) in [7, 11) is -3.07. The van der Waals surface area contributed by atoms with E-state index in [1.54, 1.807) is 0 Å². The van der Waals surface area contributed by atoms with Gasteiger partial charge in [-0.2, -0.15) is 4.31 Å². The topological polar surface area (TPSA) is 75.9 Å². The first kappa shape index (κ1) is 14.2. The lowest BCUT2D eigenvalue weighted by Gasteiger charge is -2.46. The highest BCUT2D eigenvalue weighted by Crippen LogP contribution is 2.32. The zero-order chi connectivity index (χ0) is 13.4. The van der Waals surface area contributed by atoms with Gasteiger partial charge in [-0.05, 0) is 13.3 Å². The summed E-state index contributed by atoms with van der Waals surface area (Å²) in [5.41, 5.74) is 5.85. The number of hydrogen-bond donors (Lipinski definition) is 1. The van der Waals surface area contributed by atoms with Crippen molar-refractivity contribution in [3.8, 4) is 0 Å². The lowest BCUT2D eigenvalue weighted by molar-refractivity contribution is -0.000793. The summed E-state index contributed by atoms with van der Waals surface area (Å²) in [4.78, 5) is 2.31. The smallest absolute Gasteiger partial charge is 0.211 e. The molecule has 2 aliphatic rings. The summed E-state index contributed by atoms with van der Waals surface area (Å²) >= 11 is 0. The van der Waals surface area contributed by atoms with Crippen LogP contribution in [0.5, 0.6) is 0 Å². The fourth-order valence-electron chi connectivity index (χ4n) is 3.05. The van der Waals surface area contributed by atoms with Crippen LogP contribution in [0.2, 0.25) is 0 Å². The van der Waals surface area contributed by atoms with Gasteiger partial charge in [0.25, 0.3) is 0 Å². The number of rotatable bonds is 3. The van der Waals surface area contributed by atoms with Crippen molar-refractivity contribution >= 4 is 10.0 Å². The lowest BCUT2D eigenvalue weighted by atomic mass is 9.89. The van der Waals surface area contributed by atoms with Gasteiger partial charge in [-0.15, -0.1) is 0 Å². The number of nitrogens with two attached hydrogens (primary N) is 1. The van der Waals surface area contributed by atoms with E-state index < -0.39 is 10.0 Å². The largest absolute Gasteiger partial charge is 0.376 e. The van der Waals surface area contributed by atoms with Crippen LogP contribution in [0.25, 0.3) is 0 Å². The Morgan fingerprint density at radius 2 is 1.94 bits per heavy atom. The number of ether oxygens (including phenoxy) is 1. The molecular formula is C11H23N3O3S. The van der Waals surface area contributed by atoms with Gasteiger partial charge in [-0.1, -0.05) is 0 Å². The van der Waals surface area contributed by atoms with Crippen LogP contribution in [0, 0.1) is 0 Å². The van der Waals surface area contributed by atoms with Crippen molar-refractivity contribution < 1.29 is 13.2 Å². The molecule has 18 heavy (non-hydrogen) atoms. The zero-order valence-corrected chi connectivity index (χ0v) is 11.9. The van der Waals surface area contributed by atoms with Crippen molar-refractivity contribution in [3.05, 3.63) is 0 Å². The molecule has 106 valence electrons. The predicted molar refractivity (Wildman–Crippen MR) is 69.8 cm³/mol. The van der Waals surface area contributed by atoms with Gasteiger partial charge in [0, 0.05) is 39.3 Å². The molecule has 6 nitrogen and oxygen atoms in total. The number of piperazine rings is 1. The monoisotopic (exact) mass is 277 g/mol. The molecule has 2 N–H and O–H groups in total. The second kappa shape index (κ2) is 5.05. The molecule has 0 spiro atoms. The maximum absolute atomic E-state index is 11.5. The van der Waals surface area contributed by atoms with Gasteiger partial charge in [-0.25, -0.2) is 8.42 Å². The molecule has 0 radical (unpaired) electrons. The molecule has 0 saturated carbocycles. The maximum atomic E-state index is 11.5. The van der Waals surface area contributed by atoms with E-state index in [-0.39, 0.29) is 11.6 Å². The molecule has 0 amide bonds. The summed E-state index contributed by atoms with van der Waals surface area (Å²) in [6.07, 6.45) is 2.32. The lowest BCUT2D eigenvalue weighted by Crippen LogP contribution is -2.63. The Morgan fingerprint density at radius 3 is 2.33 bits per heavy atom. The van der Waals surface area contributed by atoms with Gasteiger partial charge in [-0.3, -0.25) is 4.90 Å². The first-order chi connectivity index (χ1) is 8.40. The van der Waals surface area contributed by atoms with Crippen LogP contribution in [0.15, 0.2) is 0 Å². The summed E-state index contributed by atoms with van der Waals surface area (Å²) in [5.74, 6) is 0. The van der Waals surface area contributed by atoms with Crippen molar-refractivity contribution in [1.82, 2.24) is 9.21 Å². The Balaban J connectivity index is 2.05. The Labute approximate surface area is 109 Å². The van der Waals surface area contributed by atoms with Gasteiger partial charge in [0.2, 0.25) is 10.0 Å². The van der Waals surface area contributed by atoms with Gasteiger partial charge in [0.1, 0.15) is 0 Å². The van der Waals surface area contributed by atoms with E-state index >= 15 is 0 Å². The quantitative estimate of drug-likeness (QED) is 0.721. The Morgan fingerprint density at radius 1 is 1.33 bits per heavy atom. The van der Waals surface area contributed by atoms with Crippen LogP contribution in [0.3, 0.4) is 0 Å². The van der Waals surface area contributed by atoms with E-state index in [1.807, 2.05) is 0 Å². The van der Waals surface area contributed by atoms with Crippen LogP contribution in [-0.4, -0.2) is 74.9 Å². The fraction of sp³-hybridized carbons (Fsp3) is 1.00. The highest BCUT2D eigenvalue weighted by atomic mass is 32.2. The molecule has 0 aromatic carbocycles. The van der Waals surface area contributed by atoms with Crippen molar-refractivity contribution in [2.75, 3.05) is 45.6 Å². The summed E-state index contributed by atoms with van der Waals surface area (Å²) in [6.45, 7) is 5.93. The highest BCUT2D eigenvalue weighted by Gasteiger charge is 2.46. The molecule has 2 rings (SSSR count). The summed E-state index contributed by atoms with van der Waals surface area (Å²) < 4.78 is 30.2. The molecule has 2 saturated heterocycles. The first-order valence-electron chi connectivity index (χ1n) is 6.42. The number of nitrogens with zero attached hydrogens (tertiary/aromatic N) is 2. The van der Waals surface area contributed by atoms with Gasteiger partial charge >= 0.3 is 0 Å². The normalized spacial score (nSPS) is 36.1. The number of sulfonamides is 1. The third-order valence-electron chi connectivity index (χ3n) is 4.35. The molecule has 2 atom stereocenters. The van der Waals surface area contributed by atoms with Crippen molar-refractivity contribution in [1.29, 1.82) is 0 Å². The molecule has 2 aliphatic heterocycles. The molecular weight excluding hydrogens is 254 g/mol. The summed E-state index contributed by atoms with van der Waals surface area (Å²) in [5, 5.41) is 0. The first-order valence-corrected chi connectivity index (χ1v) is 8.27. The summed E-state index contributed by atoms with van der Waals surface area (Å²) in [6, 6.07) is 0. The Bertz CT molecular complexity index is 392. The standard InChI is InChI=1S/C11H23N3O3S/c1-10-11(9-12,3-8-17-10)13-4-6-14(7-5-13)18(2,15)16/h10H,3-9,12H2,1-2H3. The molecule has 0 bridgehead atoms. The van der Waals surface area contributed by atoms with E-state index in [4.69, 9.17) is 10.5 Å². The third-order valence-corrected chi connectivity index (χ3v) is 5.65. The maximum Gasteiger partial charge on any atom is 0.211 e. The van der Waals surface area contributed by atoms with Gasteiger partial charge in [0.05, 0.1) is 17.9 Å². The van der Waals surface area contributed by atoms with Gasteiger partial charge in [0.15, 0.2) is 0 Å². The molecule has 2 unspecified atom stereocenters. The minimum Gasteiger partial charge on any atom is -0.376 e. The van der Waals surface area contributed by atoms with Gasteiger partial charge < -0.3 is 10.5 Å². The average Bonchev–Trinajstić information content (AvgIpc) is 2.71. The molecule has 0 aromatic heterocycles. The molecule has 7 heteroatoms. The Kier molecular flexibility index (Phi) is 3.99. The van der Waals surface area contributed by atoms with Crippen LogP contribution in [-0.2, 0) is 14.8 Å². The molecule has 2 fully saturated rings. The second-order valence-electron chi connectivity index (χ2n) is 5.22. The molecule has 0 aromatic rings. The average molecular weight is 277 g/mol. The van der Waals surface area contributed by atoms with E-state index in [1.165, 1.54) is 10.6 Å². The van der Waals surface area contributed by atoms with Crippen LogP contribution in [0.1, 0.15) is 13.3 Å². The minimum absolute atomic E-state index is 0.108. The van der Waals surface area contributed by atoms with E-state index in [9.17, 15) is 8.42 Å². The van der Waals surface area contributed by atoms with E-state index in [2.05, 4.69) is 11.8 Å². The van der Waals surface area contributed by atoms with E-state index in [0.29, 0.717) is 19.6 Å².